The number of amides is 1. The van der Waals surface area contributed by atoms with E-state index >= 15 is 0 Å². The number of hydrogen-bond donors (Lipinski definition) is 0. The Bertz CT molecular complexity index is 680. The number of carbonyl (C=O) groups excluding carboxylic acids is 1. The van der Waals surface area contributed by atoms with Crippen LogP contribution in [0.25, 0.3) is 10.2 Å². The second kappa shape index (κ2) is 7.25. The minimum Gasteiger partial charge on any atom is -0.467 e. The summed E-state index contributed by atoms with van der Waals surface area (Å²) >= 11 is 1.37. The number of rotatable bonds is 5. The summed E-state index contributed by atoms with van der Waals surface area (Å²) in [6, 6.07) is 4.56. The molecule has 4 nitrogen and oxygen atoms in total. The van der Waals surface area contributed by atoms with Gasteiger partial charge >= 0.3 is 0 Å². The van der Waals surface area contributed by atoms with Gasteiger partial charge in [-0.25, -0.2) is 9.37 Å². The van der Waals surface area contributed by atoms with Gasteiger partial charge in [-0.15, -0.1) is 0 Å². The maximum Gasteiger partial charge on any atom is 0.274 e. The maximum absolute atomic E-state index is 13.2. The fourth-order valence-electron chi connectivity index (χ4n) is 2.78. The Balaban J connectivity index is 1.54. The monoisotopic (exact) mass is 336 g/mol. The van der Waals surface area contributed by atoms with Crippen LogP contribution in [0.3, 0.4) is 0 Å². The maximum atomic E-state index is 13.2. The Morgan fingerprint density at radius 3 is 2.96 bits per heavy atom. The molecule has 1 fully saturated rings. The molecule has 1 amide bonds. The zero-order valence-corrected chi connectivity index (χ0v) is 14.1. The molecule has 1 saturated heterocycles. The van der Waals surface area contributed by atoms with Crippen molar-refractivity contribution in [3.05, 3.63) is 24.0 Å². The predicted octanol–water partition coefficient (Wildman–Crippen LogP) is 4.00. The lowest BCUT2D eigenvalue weighted by molar-refractivity contribution is -0.133. The van der Waals surface area contributed by atoms with Gasteiger partial charge in [0.25, 0.3) is 5.19 Å². The molecule has 0 aliphatic carbocycles. The third-order valence-electron chi connectivity index (χ3n) is 4.14. The van der Waals surface area contributed by atoms with Crippen molar-refractivity contribution in [2.24, 2.45) is 0 Å². The van der Waals surface area contributed by atoms with Crippen LogP contribution in [0.2, 0.25) is 0 Å². The van der Waals surface area contributed by atoms with Crippen LogP contribution in [0.4, 0.5) is 4.39 Å². The molecule has 0 N–H and O–H groups in total. The van der Waals surface area contributed by atoms with Gasteiger partial charge in [0.15, 0.2) is 0 Å². The fraction of sp³-hybridized carbons (Fsp3) is 0.529. The summed E-state index contributed by atoms with van der Waals surface area (Å²) in [5.74, 6) is -0.00707. The summed E-state index contributed by atoms with van der Waals surface area (Å²) in [5.41, 5.74) is 0.763. The SMILES string of the molecule is CCCCC(=O)N1CCC(Oc2nc3ccc(F)cc3s2)CC1. The van der Waals surface area contributed by atoms with E-state index in [2.05, 4.69) is 11.9 Å². The van der Waals surface area contributed by atoms with Crippen molar-refractivity contribution in [3.63, 3.8) is 0 Å². The zero-order chi connectivity index (χ0) is 16.2. The van der Waals surface area contributed by atoms with Crippen LogP contribution < -0.4 is 4.74 Å². The Kier molecular flexibility index (Phi) is 5.10. The number of fused-ring (bicyclic) bond motifs is 1. The second-order valence-corrected chi connectivity index (χ2v) is 6.89. The largest absolute Gasteiger partial charge is 0.467 e. The highest BCUT2D eigenvalue weighted by Gasteiger charge is 2.24. The van der Waals surface area contributed by atoms with Crippen molar-refractivity contribution in [3.8, 4) is 5.19 Å². The average molecular weight is 336 g/mol. The number of thiazole rings is 1. The van der Waals surface area contributed by atoms with E-state index in [4.69, 9.17) is 4.74 Å². The van der Waals surface area contributed by atoms with Crippen LogP contribution in [-0.4, -0.2) is 35.0 Å². The summed E-state index contributed by atoms with van der Waals surface area (Å²) < 4.78 is 19.9. The van der Waals surface area contributed by atoms with E-state index in [-0.39, 0.29) is 17.8 Å². The first-order chi connectivity index (χ1) is 11.2. The number of piperidine rings is 1. The third kappa shape index (κ3) is 3.99. The highest BCUT2D eigenvalue weighted by Crippen LogP contribution is 2.30. The van der Waals surface area contributed by atoms with E-state index in [1.54, 1.807) is 6.07 Å². The number of unbranched alkanes of at least 4 members (excludes halogenated alkanes) is 1. The van der Waals surface area contributed by atoms with E-state index in [0.29, 0.717) is 11.6 Å². The van der Waals surface area contributed by atoms with Crippen LogP contribution in [0, 0.1) is 5.82 Å². The number of benzene rings is 1. The summed E-state index contributed by atoms with van der Waals surface area (Å²) in [4.78, 5) is 18.3. The molecule has 1 aliphatic rings. The number of nitrogens with zero attached hydrogens (tertiary/aromatic N) is 2. The molecule has 1 aliphatic heterocycles. The van der Waals surface area contributed by atoms with Crippen molar-refractivity contribution < 1.29 is 13.9 Å². The van der Waals surface area contributed by atoms with Crippen molar-refractivity contribution in [2.45, 2.75) is 45.1 Å². The van der Waals surface area contributed by atoms with Crippen LogP contribution >= 0.6 is 11.3 Å². The second-order valence-electron chi connectivity index (χ2n) is 5.89. The molecular weight excluding hydrogens is 315 g/mol. The molecule has 0 atom stereocenters. The first-order valence-electron chi connectivity index (χ1n) is 8.16. The molecule has 0 radical (unpaired) electrons. The van der Waals surface area contributed by atoms with E-state index in [1.807, 2.05) is 4.90 Å². The summed E-state index contributed by atoms with van der Waals surface area (Å²) in [5, 5.41) is 0.585. The quantitative estimate of drug-likeness (QED) is 0.829. The lowest BCUT2D eigenvalue weighted by Crippen LogP contribution is -2.41. The van der Waals surface area contributed by atoms with Gasteiger partial charge < -0.3 is 9.64 Å². The molecule has 23 heavy (non-hydrogen) atoms. The summed E-state index contributed by atoms with van der Waals surface area (Å²) in [6.45, 7) is 3.58. The summed E-state index contributed by atoms with van der Waals surface area (Å²) in [7, 11) is 0. The van der Waals surface area contributed by atoms with Gasteiger partial charge in [0.05, 0.1) is 10.2 Å². The van der Waals surface area contributed by atoms with Crippen LogP contribution in [0.1, 0.15) is 39.0 Å². The first kappa shape index (κ1) is 16.2. The molecule has 2 heterocycles. The van der Waals surface area contributed by atoms with Crippen molar-refractivity contribution in [1.29, 1.82) is 0 Å². The molecule has 1 aromatic carbocycles. The fourth-order valence-corrected chi connectivity index (χ4v) is 3.69. The molecule has 6 heteroatoms. The minimum absolute atomic E-state index is 0.0793. The number of ether oxygens (including phenoxy) is 1. The van der Waals surface area contributed by atoms with Gasteiger partial charge in [-0.1, -0.05) is 24.7 Å². The van der Waals surface area contributed by atoms with E-state index in [0.717, 1.165) is 49.0 Å². The lowest BCUT2D eigenvalue weighted by Gasteiger charge is -2.31. The number of halogens is 1. The molecule has 0 unspecified atom stereocenters. The van der Waals surface area contributed by atoms with E-state index < -0.39 is 0 Å². The molecule has 1 aromatic heterocycles. The Morgan fingerprint density at radius 2 is 2.22 bits per heavy atom. The molecule has 0 bridgehead atoms. The van der Waals surface area contributed by atoms with Gasteiger partial charge in [0.2, 0.25) is 5.91 Å². The number of likely N-dealkylation sites (tertiary alicyclic amines) is 1. The van der Waals surface area contributed by atoms with Crippen LogP contribution in [0.5, 0.6) is 5.19 Å². The number of aromatic nitrogens is 1. The van der Waals surface area contributed by atoms with Gasteiger partial charge in [-0.05, 0) is 24.6 Å². The Labute approximate surface area is 139 Å². The molecule has 3 rings (SSSR count). The van der Waals surface area contributed by atoms with Crippen molar-refractivity contribution >= 4 is 27.5 Å². The molecular formula is C17H21FN2O2S. The molecule has 2 aromatic rings. The third-order valence-corrected chi connectivity index (χ3v) is 5.05. The van der Waals surface area contributed by atoms with Crippen molar-refractivity contribution in [1.82, 2.24) is 9.88 Å². The highest BCUT2D eigenvalue weighted by atomic mass is 32.1. The Morgan fingerprint density at radius 1 is 1.43 bits per heavy atom. The van der Waals surface area contributed by atoms with Crippen molar-refractivity contribution in [2.75, 3.05) is 13.1 Å². The smallest absolute Gasteiger partial charge is 0.274 e. The molecule has 0 saturated carbocycles. The summed E-state index contributed by atoms with van der Waals surface area (Å²) in [6.07, 6.45) is 4.37. The normalized spacial score (nSPS) is 16.0. The predicted molar refractivity (Wildman–Crippen MR) is 89.3 cm³/mol. The lowest BCUT2D eigenvalue weighted by atomic mass is 10.1. The first-order valence-corrected chi connectivity index (χ1v) is 8.98. The van der Waals surface area contributed by atoms with Gasteiger partial charge in [-0.2, -0.15) is 0 Å². The van der Waals surface area contributed by atoms with E-state index in [1.165, 1.54) is 23.5 Å². The van der Waals surface area contributed by atoms with Crippen LogP contribution in [0.15, 0.2) is 18.2 Å². The average Bonchev–Trinajstić information content (AvgIpc) is 2.94. The van der Waals surface area contributed by atoms with Gasteiger partial charge in [0, 0.05) is 32.4 Å². The van der Waals surface area contributed by atoms with E-state index in [9.17, 15) is 9.18 Å². The topological polar surface area (TPSA) is 42.4 Å². The minimum atomic E-state index is -0.258. The standard InChI is InChI=1S/C17H21FN2O2S/c1-2-3-4-16(21)20-9-7-13(8-10-20)22-17-19-14-6-5-12(18)11-15(14)23-17/h5-6,11,13H,2-4,7-10H2,1H3. The number of carbonyl (C=O) groups is 1. The van der Waals surface area contributed by atoms with Gasteiger partial charge in [0.1, 0.15) is 11.9 Å². The zero-order valence-electron chi connectivity index (χ0n) is 13.3. The Hall–Kier alpha value is -1.69. The molecule has 124 valence electrons. The van der Waals surface area contributed by atoms with Crippen LogP contribution in [-0.2, 0) is 4.79 Å². The molecule has 0 spiro atoms. The van der Waals surface area contributed by atoms with Gasteiger partial charge in [-0.3, -0.25) is 4.79 Å². The number of hydrogen-bond acceptors (Lipinski definition) is 4. The highest BCUT2D eigenvalue weighted by molar-refractivity contribution is 7.20.